The van der Waals surface area contributed by atoms with E-state index in [0.717, 1.165) is 32.2 Å². The molecule has 19 heavy (non-hydrogen) atoms. The summed E-state index contributed by atoms with van der Waals surface area (Å²) >= 11 is 6.11. The van der Waals surface area contributed by atoms with Gasteiger partial charge in [0.05, 0.1) is 16.3 Å². The average molecular weight is 280 g/mol. The molecule has 1 amide bonds. The summed E-state index contributed by atoms with van der Waals surface area (Å²) in [6, 6.07) is 6.00. The molecule has 1 aromatic carbocycles. The minimum absolute atomic E-state index is 0.00672. The number of amides is 1. The molecule has 2 N–H and O–H groups in total. The van der Waals surface area contributed by atoms with Crippen LogP contribution in [0.4, 0.5) is 5.69 Å². The van der Waals surface area contributed by atoms with Crippen LogP contribution in [0, 0.1) is 0 Å². The Kier molecular flexibility index (Phi) is 3.37. The molecule has 0 aromatic heterocycles. The van der Waals surface area contributed by atoms with Crippen LogP contribution in [0.1, 0.15) is 23.2 Å². The van der Waals surface area contributed by atoms with E-state index in [4.69, 9.17) is 17.3 Å². The van der Waals surface area contributed by atoms with Gasteiger partial charge in [-0.2, -0.15) is 0 Å². The van der Waals surface area contributed by atoms with Crippen molar-refractivity contribution in [1.82, 2.24) is 9.80 Å². The van der Waals surface area contributed by atoms with Gasteiger partial charge in [-0.15, -0.1) is 0 Å². The lowest BCUT2D eigenvalue weighted by atomic mass is 10.1. The predicted molar refractivity (Wildman–Crippen MR) is 76.4 cm³/mol. The highest BCUT2D eigenvalue weighted by molar-refractivity contribution is 6.36. The summed E-state index contributed by atoms with van der Waals surface area (Å²) in [7, 11) is 0. The van der Waals surface area contributed by atoms with Crippen LogP contribution in [0.15, 0.2) is 18.2 Å². The average Bonchev–Trinajstić information content (AvgIpc) is 3.26. The van der Waals surface area contributed by atoms with Crippen molar-refractivity contribution in [2.75, 3.05) is 31.9 Å². The Bertz CT molecular complexity index is 493. The maximum atomic E-state index is 12.4. The number of piperazine rings is 1. The molecule has 0 atom stereocenters. The summed E-state index contributed by atoms with van der Waals surface area (Å²) in [5.74, 6) is -0.00672. The predicted octanol–water partition coefficient (Wildman–Crippen LogP) is 1.84. The number of nitrogens with zero attached hydrogens (tertiary/aromatic N) is 2. The number of nitrogen functional groups attached to an aromatic ring is 1. The second kappa shape index (κ2) is 5.02. The molecule has 0 spiro atoms. The second-order valence-corrected chi connectivity index (χ2v) is 5.65. The highest BCUT2D eigenvalue weighted by Crippen LogP contribution is 2.28. The van der Waals surface area contributed by atoms with Crippen molar-refractivity contribution >= 4 is 23.2 Å². The van der Waals surface area contributed by atoms with Crippen LogP contribution < -0.4 is 5.73 Å². The molecule has 4 nitrogen and oxygen atoms in total. The fourth-order valence-electron chi connectivity index (χ4n) is 2.62. The van der Waals surface area contributed by atoms with Crippen LogP contribution in [0.2, 0.25) is 5.02 Å². The van der Waals surface area contributed by atoms with Gasteiger partial charge < -0.3 is 10.6 Å². The maximum Gasteiger partial charge on any atom is 0.255 e. The topological polar surface area (TPSA) is 49.6 Å². The number of nitrogens with two attached hydrogens (primary N) is 1. The molecule has 1 saturated heterocycles. The molecule has 1 heterocycles. The zero-order chi connectivity index (χ0) is 13.4. The SMILES string of the molecule is Nc1cccc(C(=O)N2CCN(C3CC3)CC2)c1Cl. The molecule has 1 aliphatic heterocycles. The van der Waals surface area contributed by atoms with E-state index in [2.05, 4.69) is 4.90 Å². The molecule has 3 rings (SSSR count). The van der Waals surface area contributed by atoms with Gasteiger partial charge in [0.25, 0.3) is 5.91 Å². The molecule has 2 fully saturated rings. The van der Waals surface area contributed by atoms with E-state index in [0.29, 0.717) is 16.3 Å². The summed E-state index contributed by atoms with van der Waals surface area (Å²) in [4.78, 5) is 16.8. The number of halogens is 1. The molecule has 0 unspecified atom stereocenters. The Balaban J connectivity index is 1.69. The van der Waals surface area contributed by atoms with Gasteiger partial charge in [0, 0.05) is 32.2 Å². The molecule has 5 heteroatoms. The Morgan fingerprint density at radius 3 is 2.53 bits per heavy atom. The molecular formula is C14H18ClN3O. The fraction of sp³-hybridized carbons (Fsp3) is 0.500. The molecular weight excluding hydrogens is 262 g/mol. The normalized spacial score (nSPS) is 20.6. The van der Waals surface area contributed by atoms with Crippen molar-refractivity contribution < 1.29 is 4.79 Å². The fourth-order valence-corrected chi connectivity index (χ4v) is 2.82. The zero-order valence-electron chi connectivity index (χ0n) is 10.8. The van der Waals surface area contributed by atoms with E-state index in [1.165, 1.54) is 12.8 Å². The Morgan fingerprint density at radius 1 is 1.21 bits per heavy atom. The first kappa shape index (κ1) is 12.8. The van der Waals surface area contributed by atoms with Crippen LogP contribution in [0.3, 0.4) is 0 Å². The molecule has 102 valence electrons. The highest BCUT2D eigenvalue weighted by atomic mass is 35.5. The third-order valence-electron chi connectivity index (χ3n) is 3.92. The lowest BCUT2D eigenvalue weighted by Crippen LogP contribution is -2.49. The number of carbonyl (C=O) groups excluding carboxylic acids is 1. The highest BCUT2D eigenvalue weighted by Gasteiger charge is 2.32. The summed E-state index contributed by atoms with van der Waals surface area (Å²) < 4.78 is 0. The Labute approximate surface area is 118 Å². The van der Waals surface area contributed by atoms with Gasteiger partial charge in [-0.1, -0.05) is 17.7 Å². The van der Waals surface area contributed by atoms with Crippen molar-refractivity contribution in [3.8, 4) is 0 Å². The van der Waals surface area contributed by atoms with Crippen molar-refractivity contribution in [2.45, 2.75) is 18.9 Å². The first-order valence-corrected chi connectivity index (χ1v) is 7.12. The smallest absolute Gasteiger partial charge is 0.255 e. The summed E-state index contributed by atoms with van der Waals surface area (Å²) in [6.45, 7) is 3.49. The molecule has 0 bridgehead atoms. The third kappa shape index (κ3) is 2.55. The van der Waals surface area contributed by atoms with Gasteiger partial charge in [0.15, 0.2) is 0 Å². The third-order valence-corrected chi connectivity index (χ3v) is 4.35. The number of hydrogen-bond donors (Lipinski definition) is 1. The van der Waals surface area contributed by atoms with E-state index < -0.39 is 0 Å². The number of carbonyl (C=O) groups is 1. The van der Waals surface area contributed by atoms with Crippen LogP contribution in [-0.4, -0.2) is 47.9 Å². The van der Waals surface area contributed by atoms with Gasteiger partial charge in [-0.3, -0.25) is 9.69 Å². The first-order valence-electron chi connectivity index (χ1n) is 6.74. The van der Waals surface area contributed by atoms with Gasteiger partial charge >= 0.3 is 0 Å². The lowest BCUT2D eigenvalue weighted by Gasteiger charge is -2.35. The van der Waals surface area contributed by atoms with Gasteiger partial charge in [0.1, 0.15) is 0 Å². The molecule has 1 aliphatic carbocycles. The van der Waals surface area contributed by atoms with E-state index in [-0.39, 0.29) is 5.91 Å². The van der Waals surface area contributed by atoms with Crippen molar-refractivity contribution in [1.29, 1.82) is 0 Å². The van der Waals surface area contributed by atoms with Gasteiger partial charge in [0.2, 0.25) is 0 Å². The molecule has 2 aliphatic rings. The Hall–Kier alpha value is -1.26. The van der Waals surface area contributed by atoms with Crippen LogP contribution in [0.5, 0.6) is 0 Å². The number of benzene rings is 1. The van der Waals surface area contributed by atoms with Crippen LogP contribution in [-0.2, 0) is 0 Å². The van der Waals surface area contributed by atoms with Crippen molar-refractivity contribution in [3.05, 3.63) is 28.8 Å². The van der Waals surface area contributed by atoms with E-state index >= 15 is 0 Å². The molecule has 1 saturated carbocycles. The minimum Gasteiger partial charge on any atom is -0.398 e. The van der Waals surface area contributed by atoms with Crippen molar-refractivity contribution in [2.24, 2.45) is 0 Å². The maximum absolute atomic E-state index is 12.4. The summed E-state index contributed by atoms with van der Waals surface area (Å²) in [6.07, 6.45) is 2.63. The quantitative estimate of drug-likeness (QED) is 0.841. The summed E-state index contributed by atoms with van der Waals surface area (Å²) in [5.41, 5.74) is 6.72. The molecule has 1 aromatic rings. The van der Waals surface area contributed by atoms with E-state index in [9.17, 15) is 4.79 Å². The largest absolute Gasteiger partial charge is 0.398 e. The monoisotopic (exact) mass is 279 g/mol. The second-order valence-electron chi connectivity index (χ2n) is 5.27. The van der Waals surface area contributed by atoms with Gasteiger partial charge in [-0.05, 0) is 25.0 Å². The van der Waals surface area contributed by atoms with Crippen LogP contribution >= 0.6 is 11.6 Å². The van der Waals surface area contributed by atoms with E-state index in [1.54, 1.807) is 18.2 Å². The standard InChI is InChI=1S/C14H18ClN3O/c15-13-11(2-1-3-12(13)16)14(19)18-8-6-17(7-9-18)10-4-5-10/h1-3,10H,4-9,16H2. The van der Waals surface area contributed by atoms with Crippen molar-refractivity contribution in [3.63, 3.8) is 0 Å². The zero-order valence-corrected chi connectivity index (χ0v) is 11.6. The molecule has 0 radical (unpaired) electrons. The lowest BCUT2D eigenvalue weighted by molar-refractivity contribution is 0.0627. The van der Waals surface area contributed by atoms with Gasteiger partial charge in [-0.25, -0.2) is 0 Å². The Morgan fingerprint density at radius 2 is 1.89 bits per heavy atom. The van der Waals surface area contributed by atoms with E-state index in [1.807, 2.05) is 4.90 Å². The number of rotatable bonds is 2. The minimum atomic E-state index is -0.00672. The number of hydrogen-bond acceptors (Lipinski definition) is 3. The van der Waals surface area contributed by atoms with Crippen LogP contribution in [0.25, 0.3) is 0 Å². The summed E-state index contributed by atoms with van der Waals surface area (Å²) in [5, 5.41) is 0.372. The first-order chi connectivity index (χ1) is 9.16. The number of anilines is 1.